The van der Waals surface area contributed by atoms with E-state index >= 15 is 0 Å². The molecule has 0 saturated carbocycles. The number of allylic oxidation sites excluding steroid dienone is 2. The molecule has 1 aromatic rings. The van der Waals surface area contributed by atoms with Crippen LogP contribution in [-0.2, 0) is 4.74 Å². The van der Waals surface area contributed by atoms with E-state index in [0.717, 1.165) is 0 Å². The SMILES string of the molecule is CCCCC1=C[C@@H]2[C@H](C(CCCC)=C1)[C@@H]1O[C@H]2c2ccccc21. The van der Waals surface area contributed by atoms with Gasteiger partial charge in [0.2, 0.25) is 0 Å². The number of ether oxygens (including phenoxy) is 1. The molecule has 1 heteroatoms. The van der Waals surface area contributed by atoms with Crippen LogP contribution < -0.4 is 0 Å². The Bertz CT molecular complexity index is 639. The Hall–Kier alpha value is -1.34. The molecule has 0 unspecified atom stereocenters. The van der Waals surface area contributed by atoms with Gasteiger partial charge >= 0.3 is 0 Å². The lowest BCUT2D eigenvalue weighted by Gasteiger charge is -2.33. The van der Waals surface area contributed by atoms with Crippen molar-refractivity contribution in [1.82, 2.24) is 0 Å². The highest BCUT2D eigenvalue weighted by Gasteiger charge is 2.53. The zero-order valence-electron chi connectivity index (χ0n) is 14.4. The van der Waals surface area contributed by atoms with E-state index in [4.69, 9.17) is 4.74 Å². The van der Waals surface area contributed by atoms with Crippen LogP contribution in [-0.4, -0.2) is 0 Å². The molecule has 2 heterocycles. The van der Waals surface area contributed by atoms with Gasteiger partial charge in [-0.25, -0.2) is 0 Å². The summed E-state index contributed by atoms with van der Waals surface area (Å²) >= 11 is 0. The van der Waals surface area contributed by atoms with Gasteiger partial charge in [-0.15, -0.1) is 0 Å². The molecule has 1 nitrogen and oxygen atoms in total. The van der Waals surface area contributed by atoms with Crippen LogP contribution in [0.3, 0.4) is 0 Å². The monoisotopic (exact) mass is 308 g/mol. The standard InChI is InChI=1S/C22H28O/c1-3-5-9-15-13-16(10-6-4-2)20-19(14-15)21-17-11-7-8-12-18(17)22(20)23-21/h7-8,11-14,19-22H,3-6,9-10H2,1-2H3/t19-,20+,21+,22-/m1/s1. The summed E-state index contributed by atoms with van der Waals surface area (Å²) in [5.41, 5.74) is 6.12. The highest BCUT2D eigenvalue weighted by Crippen LogP contribution is 2.61. The Morgan fingerprint density at radius 1 is 0.913 bits per heavy atom. The van der Waals surface area contributed by atoms with E-state index in [9.17, 15) is 0 Å². The highest BCUT2D eigenvalue weighted by molar-refractivity contribution is 5.46. The average Bonchev–Trinajstić information content (AvgIpc) is 3.15. The first-order valence-corrected chi connectivity index (χ1v) is 9.49. The van der Waals surface area contributed by atoms with E-state index in [-0.39, 0.29) is 0 Å². The molecule has 1 aliphatic carbocycles. The van der Waals surface area contributed by atoms with Crippen LogP contribution in [0.1, 0.15) is 75.7 Å². The topological polar surface area (TPSA) is 9.23 Å². The molecule has 4 atom stereocenters. The van der Waals surface area contributed by atoms with Gasteiger partial charge in [0, 0.05) is 11.8 Å². The molecule has 4 rings (SSSR count). The number of fused-ring (bicyclic) bond motifs is 8. The van der Waals surface area contributed by atoms with Crippen LogP contribution in [0.25, 0.3) is 0 Å². The van der Waals surface area contributed by atoms with Gasteiger partial charge in [0.1, 0.15) is 0 Å². The first kappa shape index (κ1) is 15.2. The van der Waals surface area contributed by atoms with Crippen molar-refractivity contribution in [2.45, 2.75) is 64.6 Å². The molecule has 0 N–H and O–H groups in total. The van der Waals surface area contributed by atoms with Gasteiger partial charge in [-0.1, -0.05) is 74.3 Å². The number of hydrogen-bond donors (Lipinski definition) is 0. The van der Waals surface area contributed by atoms with Crippen molar-refractivity contribution in [2.24, 2.45) is 11.8 Å². The predicted octanol–water partition coefficient (Wildman–Crippen LogP) is 6.29. The number of hydrogen-bond acceptors (Lipinski definition) is 1. The van der Waals surface area contributed by atoms with Crippen LogP contribution in [0.15, 0.2) is 47.6 Å². The fourth-order valence-corrected chi connectivity index (χ4v) is 4.72. The molecular formula is C22H28O. The lowest BCUT2D eigenvalue weighted by atomic mass is 9.68. The van der Waals surface area contributed by atoms with Crippen molar-refractivity contribution in [3.8, 4) is 0 Å². The lowest BCUT2D eigenvalue weighted by molar-refractivity contribution is 0.0593. The Labute approximate surface area is 140 Å². The van der Waals surface area contributed by atoms with Crippen molar-refractivity contribution in [3.63, 3.8) is 0 Å². The first-order chi connectivity index (χ1) is 11.3. The Morgan fingerprint density at radius 3 is 2.35 bits per heavy atom. The van der Waals surface area contributed by atoms with Gasteiger partial charge in [-0.2, -0.15) is 0 Å². The van der Waals surface area contributed by atoms with Crippen molar-refractivity contribution >= 4 is 0 Å². The Kier molecular flexibility index (Phi) is 4.15. The quantitative estimate of drug-likeness (QED) is 0.600. The number of benzene rings is 1. The van der Waals surface area contributed by atoms with E-state index in [1.807, 2.05) is 0 Å². The normalized spacial score (nSPS) is 30.7. The Morgan fingerprint density at radius 2 is 1.61 bits per heavy atom. The molecule has 23 heavy (non-hydrogen) atoms. The van der Waals surface area contributed by atoms with Crippen LogP contribution in [0, 0.1) is 11.8 Å². The third kappa shape index (κ3) is 2.50. The smallest absolute Gasteiger partial charge is 0.0909 e. The van der Waals surface area contributed by atoms with Crippen molar-refractivity contribution in [2.75, 3.05) is 0 Å². The minimum Gasteiger partial charge on any atom is -0.364 e. The van der Waals surface area contributed by atoms with Crippen molar-refractivity contribution in [3.05, 3.63) is 58.7 Å². The predicted molar refractivity (Wildman–Crippen MR) is 95.2 cm³/mol. The number of rotatable bonds is 6. The molecule has 0 radical (unpaired) electrons. The summed E-state index contributed by atoms with van der Waals surface area (Å²) in [5.74, 6) is 1.16. The fraction of sp³-hybridized carbons (Fsp3) is 0.545. The summed E-state index contributed by atoms with van der Waals surface area (Å²) in [7, 11) is 0. The summed E-state index contributed by atoms with van der Waals surface area (Å²) in [6.07, 6.45) is 13.3. The van der Waals surface area contributed by atoms with Gasteiger partial charge in [-0.05, 0) is 36.8 Å². The van der Waals surface area contributed by atoms with Gasteiger partial charge in [-0.3, -0.25) is 0 Å². The molecule has 1 saturated heterocycles. The largest absolute Gasteiger partial charge is 0.364 e. The molecule has 2 aliphatic heterocycles. The molecule has 1 fully saturated rings. The second-order valence-corrected chi connectivity index (χ2v) is 7.38. The molecule has 122 valence electrons. The molecule has 3 aliphatic rings. The van der Waals surface area contributed by atoms with Crippen molar-refractivity contribution in [1.29, 1.82) is 0 Å². The minimum absolute atomic E-state index is 0.295. The zero-order chi connectivity index (χ0) is 15.8. The maximum atomic E-state index is 6.47. The van der Waals surface area contributed by atoms with Gasteiger partial charge in [0.15, 0.2) is 0 Å². The summed E-state index contributed by atoms with van der Waals surface area (Å²) in [4.78, 5) is 0. The molecular weight excluding hydrogens is 280 g/mol. The van der Waals surface area contributed by atoms with Crippen molar-refractivity contribution < 1.29 is 4.74 Å². The zero-order valence-corrected chi connectivity index (χ0v) is 14.4. The average molecular weight is 308 g/mol. The summed E-state index contributed by atoms with van der Waals surface area (Å²) < 4.78 is 6.47. The van der Waals surface area contributed by atoms with Gasteiger partial charge in [0.25, 0.3) is 0 Å². The number of unbranched alkanes of at least 4 members (excludes halogenated alkanes) is 2. The molecule has 0 spiro atoms. The first-order valence-electron chi connectivity index (χ1n) is 9.49. The highest BCUT2D eigenvalue weighted by atomic mass is 16.5. The van der Waals surface area contributed by atoms with E-state index in [0.29, 0.717) is 24.0 Å². The van der Waals surface area contributed by atoms with E-state index in [1.165, 1.54) is 49.7 Å². The van der Waals surface area contributed by atoms with Gasteiger partial charge in [0.05, 0.1) is 12.2 Å². The van der Waals surface area contributed by atoms with Crippen LogP contribution >= 0.6 is 0 Å². The Balaban J connectivity index is 1.68. The second-order valence-electron chi connectivity index (χ2n) is 7.38. The molecule has 1 aromatic carbocycles. The summed E-state index contributed by atoms with van der Waals surface area (Å²) in [5, 5.41) is 0. The van der Waals surface area contributed by atoms with Crippen LogP contribution in [0.4, 0.5) is 0 Å². The lowest BCUT2D eigenvalue weighted by Crippen LogP contribution is -2.25. The second kappa shape index (κ2) is 6.28. The third-order valence-electron chi connectivity index (χ3n) is 5.84. The fourth-order valence-electron chi connectivity index (χ4n) is 4.72. The molecule has 0 amide bonds. The third-order valence-corrected chi connectivity index (χ3v) is 5.84. The summed E-state index contributed by atoms with van der Waals surface area (Å²) in [6.45, 7) is 4.58. The minimum atomic E-state index is 0.295. The summed E-state index contributed by atoms with van der Waals surface area (Å²) in [6, 6.07) is 8.89. The van der Waals surface area contributed by atoms with E-state index < -0.39 is 0 Å². The maximum absolute atomic E-state index is 6.47. The van der Waals surface area contributed by atoms with E-state index in [2.05, 4.69) is 50.3 Å². The van der Waals surface area contributed by atoms with Gasteiger partial charge < -0.3 is 4.74 Å². The molecule has 2 bridgehead atoms. The van der Waals surface area contributed by atoms with E-state index in [1.54, 1.807) is 11.1 Å². The molecule has 0 aromatic heterocycles. The van der Waals surface area contributed by atoms with Crippen LogP contribution in [0.2, 0.25) is 0 Å². The van der Waals surface area contributed by atoms with Crippen LogP contribution in [0.5, 0.6) is 0 Å². The maximum Gasteiger partial charge on any atom is 0.0909 e.